The molecule has 0 spiro atoms. The van der Waals surface area contributed by atoms with E-state index in [1.807, 2.05) is 30.3 Å². The summed E-state index contributed by atoms with van der Waals surface area (Å²) in [4.78, 5) is 0. The van der Waals surface area contributed by atoms with Crippen molar-refractivity contribution in [1.82, 2.24) is 0 Å². The first-order valence-corrected chi connectivity index (χ1v) is 6.61. The molecule has 0 heterocycles. The first-order chi connectivity index (χ1) is 9.36. The Morgan fingerprint density at radius 1 is 0.800 bits per heavy atom. The van der Waals surface area contributed by atoms with Crippen LogP contribution in [0.1, 0.15) is 18.1 Å². The van der Waals surface area contributed by atoms with E-state index in [0.29, 0.717) is 0 Å². The van der Waals surface area contributed by atoms with Gasteiger partial charge >= 0.3 is 0 Å². The molecule has 0 saturated carbocycles. The van der Waals surface area contributed by atoms with Crippen molar-refractivity contribution in [1.29, 1.82) is 0 Å². The summed E-state index contributed by atoms with van der Waals surface area (Å²) >= 11 is 0. The van der Waals surface area contributed by atoms with Gasteiger partial charge in [0.1, 0.15) is 0 Å². The first-order valence-electron chi connectivity index (χ1n) is 6.61. The van der Waals surface area contributed by atoms with Crippen LogP contribution in [0.4, 0.5) is 0 Å². The molecule has 0 aromatic heterocycles. The Morgan fingerprint density at radius 2 is 1.40 bits per heavy atom. The maximum atomic E-state index is 3.39. The van der Waals surface area contributed by atoms with E-state index < -0.39 is 0 Å². The fraction of sp³-hybridized carbons (Fsp3) is 0.0833. The number of rotatable bonds is 0. The van der Waals surface area contributed by atoms with Gasteiger partial charge in [-0.1, -0.05) is 48.7 Å². The third-order valence-corrected chi connectivity index (χ3v) is 3.49. The molecular formula is C24H31Hf-7. The summed E-state index contributed by atoms with van der Waals surface area (Å²) in [6.07, 6.45) is 4.37. The predicted octanol–water partition coefficient (Wildman–Crippen LogP) is 7.26. The minimum atomic E-state index is 0. The molecule has 1 aliphatic rings. The van der Waals surface area contributed by atoms with Crippen LogP contribution in [0, 0.1) is 43.2 Å². The van der Waals surface area contributed by atoms with Crippen molar-refractivity contribution in [2.24, 2.45) is 0 Å². The quantitative estimate of drug-likeness (QED) is 0.226. The minimum absolute atomic E-state index is 0. The van der Waals surface area contributed by atoms with Crippen LogP contribution >= 0.6 is 0 Å². The van der Waals surface area contributed by atoms with E-state index in [2.05, 4.69) is 49.4 Å². The number of benzene rings is 2. The molecule has 0 bridgehead atoms. The summed E-state index contributed by atoms with van der Waals surface area (Å²) in [7, 11) is 0. The summed E-state index contributed by atoms with van der Waals surface area (Å²) in [5, 5.41) is 2.70. The van der Waals surface area contributed by atoms with Crippen LogP contribution in [0.5, 0.6) is 0 Å². The zero-order valence-corrected chi connectivity index (χ0v) is 20.2. The molecule has 0 N–H and O–H groups in total. The fourth-order valence-electron chi connectivity index (χ4n) is 2.54. The van der Waals surface area contributed by atoms with E-state index in [4.69, 9.17) is 0 Å². The van der Waals surface area contributed by atoms with Gasteiger partial charge in [-0.2, -0.15) is 23.8 Å². The molecule has 25 heavy (non-hydrogen) atoms. The van der Waals surface area contributed by atoms with Gasteiger partial charge in [-0.3, -0.25) is 6.08 Å². The van der Waals surface area contributed by atoms with Crippen LogP contribution in [0.15, 0.2) is 66.7 Å². The summed E-state index contributed by atoms with van der Waals surface area (Å²) in [6.45, 7) is 2.15. The topological polar surface area (TPSA) is 0 Å². The third-order valence-electron chi connectivity index (χ3n) is 3.49. The smallest absolute Gasteiger partial charge is 0 e. The molecular weight excluding hydrogens is 467 g/mol. The van der Waals surface area contributed by atoms with Crippen LogP contribution in [-0.4, -0.2) is 0 Å². The van der Waals surface area contributed by atoms with Gasteiger partial charge in [-0.15, -0.1) is 12.0 Å². The number of allylic oxidation sites excluding steroid dienone is 2. The minimum Gasteiger partial charge on any atom is -0.358 e. The molecule has 3 aromatic carbocycles. The van der Waals surface area contributed by atoms with Gasteiger partial charge in [0.15, 0.2) is 0 Å². The molecule has 0 unspecified atom stereocenters. The van der Waals surface area contributed by atoms with Crippen LogP contribution < -0.4 is 0 Å². The normalized spacial score (nSPS) is 9.56. The number of hydrogen-bond donors (Lipinski definition) is 0. The molecule has 0 amide bonds. The Hall–Kier alpha value is -1.34. The molecule has 1 heteroatoms. The van der Waals surface area contributed by atoms with Gasteiger partial charge in [0.05, 0.1) is 0 Å². The van der Waals surface area contributed by atoms with E-state index >= 15 is 0 Å². The fourth-order valence-corrected chi connectivity index (χ4v) is 2.54. The molecule has 0 saturated heterocycles. The largest absolute Gasteiger partial charge is 0.358 e. The van der Waals surface area contributed by atoms with Crippen molar-refractivity contribution in [3.63, 3.8) is 0 Å². The van der Waals surface area contributed by atoms with Gasteiger partial charge in [-0.25, -0.2) is 17.7 Å². The van der Waals surface area contributed by atoms with Crippen LogP contribution in [-0.2, 0) is 32.3 Å². The first kappa shape index (κ1) is 31.4. The van der Waals surface area contributed by atoms with Crippen molar-refractivity contribution in [2.75, 3.05) is 0 Å². The zero-order chi connectivity index (χ0) is 13.1. The Bertz CT molecular complexity index is 689. The third kappa shape index (κ3) is 7.20. The second kappa shape index (κ2) is 15.0. The second-order valence-electron chi connectivity index (χ2n) is 4.76. The molecule has 1 aliphatic carbocycles. The zero-order valence-electron chi connectivity index (χ0n) is 16.6. The molecule has 138 valence electrons. The van der Waals surface area contributed by atoms with E-state index in [9.17, 15) is 0 Å². The van der Waals surface area contributed by atoms with Gasteiger partial charge < -0.3 is 37.1 Å². The van der Waals surface area contributed by atoms with Gasteiger partial charge in [0.25, 0.3) is 0 Å². The van der Waals surface area contributed by atoms with E-state index in [-0.39, 0.29) is 63.0 Å². The van der Waals surface area contributed by atoms with Crippen LogP contribution in [0.25, 0.3) is 16.3 Å². The standard InChI is InChI=1S/C14H11.C5H5.5CH3.Hf/c1-10-6-7-12-9-8-11-4-2-3-5-13(11)14(10)12;1-2-4-5-3-1;;;;;;/h2-5,8-9H,7H2,1H3;1-5H;5*1H3;/q7*-1;. The molecule has 0 aliphatic heterocycles. The maximum Gasteiger partial charge on any atom is 0 e. The molecule has 0 nitrogen and oxygen atoms in total. The van der Waals surface area contributed by atoms with Crippen LogP contribution in [0.3, 0.4) is 0 Å². The predicted molar refractivity (Wildman–Crippen MR) is 114 cm³/mol. The molecule has 0 atom stereocenters. The van der Waals surface area contributed by atoms with Crippen molar-refractivity contribution in [2.45, 2.75) is 13.3 Å². The Kier molecular flexibility index (Phi) is 18.8. The van der Waals surface area contributed by atoms with Crippen LogP contribution in [0.2, 0.25) is 0 Å². The summed E-state index contributed by atoms with van der Waals surface area (Å²) in [5.41, 5.74) is 4.13. The van der Waals surface area contributed by atoms with E-state index in [0.717, 1.165) is 6.42 Å². The molecule has 0 fully saturated rings. The monoisotopic (exact) mass is 499 g/mol. The summed E-state index contributed by atoms with van der Waals surface area (Å²) in [5.74, 6) is 0. The van der Waals surface area contributed by atoms with E-state index in [1.54, 1.807) is 0 Å². The van der Waals surface area contributed by atoms with Crippen molar-refractivity contribution in [3.8, 4) is 0 Å². The number of fused-ring (bicyclic) bond motifs is 3. The maximum absolute atomic E-state index is 3.39. The molecule has 4 rings (SSSR count). The molecule has 3 aromatic rings. The van der Waals surface area contributed by atoms with Crippen molar-refractivity contribution >= 4 is 16.3 Å². The number of hydrogen-bond acceptors (Lipinski definition) is 0. The second-order valence-corrected chi connectivity index (χ2v) is 4.76. The summed E-state index contributed by atoms with van der Waals surface area (Å²) in [6, 6.07) is 23.0. The Labute approximate surface area is 176 Å². The SMILES string of the molecule is CC1=[C-]Cc2ccc3ccccc3c21.[CH3-].[CH3-].[CH3-].[CH3-].[CH3-].[Hf].c1cc[cH-]c1. The van der Waals surface area contributed by atoms with Crippen molar-refractivity contribution in [3.05, 3.63) is 121 Å². The Morgan fingerprint density at radius 3 is 1.96 bits per heavy atom. The van der Waals surface area contributed by atoms with Gasteiger partial charge in [0, 0.05) is 25.8 Å². The average molecular weight is 498 g/mol. The van der Waals surface area contributed by atoms with Gasteiger partial charge in [-0.05, 0) is 5.39 Å². The van der Waals surface area contributed by atoms with Crippen molar-refractivity contribution < 1.29 is 25.8 Å². The average Bonchev–Trinajstić information content (AvgIpc) is 3.12. The van der Waals surface area contributed by atoms with Gasteiger partial charge in [0.2, 0.25) is 0 Å². The Balaban J connectivity index is -0.000000179. The summed E-state index contributed by atoms with van der Waals surface area (Å²) < 4.78 is 0. The molecule has 0 radical (unpaired) electrons. The van der Waals surface area contributed by atoms with E-state index in [1.165, 1.54) is 27.5 Å².